The number of guanidine groups is 1. The quantitative estimate of drug-likeness (QED) is 0.655. The molecule has 7 nitrogen and oxygen atoms in total. The molecule has 1 saturated heterocycles. The summed E-state index contributed by atoms with van der Waals surface area (Å²) >= 11 is 1.66. The zero-order chi connectivity index (χ0) is 18.6. The Kier molecular flexibility index (Phi) is 6.26. The third-order valence-electron chi connectivity index (χ3n) is 3.84. The van der Waals surface area contributed by atoms with Crippen LogP contribution in [0.15, 0.2) is 10.4 Å². The Hall–Kier alpha value is -1.83. The number of hydrogen-bond acceptors (Lipinski definition) is 5. The van der Waals surface area contributed by atoms with Gasteiger partial charge in [-0.3, -0.25) is 4.99 Å². The van der Waals surface area contributed by atoms with E-state index in [1.165, 1.54) is 0 Å². The number of amides is 1. The van der Waals surface area contributed by atoms with Crippen molar-refractivity contribution in [2.24, 2.45) is 10.7 Å². The first-order chi connectivity index (χ1) is 11.7. The van der Waals surface area contributed by atoms with Gasteiger partial charge in [0, 0.05) is 43.2 Å². The van der Waals surface area contributed by atoms with E-state index in [4.69, 9.17) is 10.5 Å². The number of ether oxygens (including phenoxy) is 1. The van der Waals surface area contributed by atoms with Crippen LogP contribution in [-0.4, -0.2) is 65.2 Å². The maximum atomic E-state index is 12.1. The molecule has 0 radical (unpaired) electrons. The Labute approximate surface area is 153 Å². The summed E-state index contributed by atoms with van der Waals surface area (Å²) in [4.78, 5) is 24.8. The molecule has 0 bridgehead atoms. The lowest BCUT2D eigenvalue weighted by Gasteiger charge is -2.36. The van der Waals surface area contributed by atoms with Gasteiger partial charge in [-0.05, 0) is 27.7 Å². The standard InChI is InChI=1S/C17H29N5O2S/c1-12(14-20-13(2)11-25-14)10-19-15(18)21-6-8-22(9-7-21)16(23)24-17(3,4)5/h11-12H,6-10H2,1-5H3,(H2,18,19). The molecule has 1 aromatic rings. The van der Waals surface area contributed by atoms with Crippen LogP contribution in [0.2, 0.25) is 0 Å². The lowest BCUT2D eigenvalue weighted by molar-refractivity contribution is 0.0186. The maximum absolute atomic E-state index is 12.1. The van der Waals surface area contributed by atoms with Gasteiger partial charge in [0.15, 0.2) is 5.96 Å². The van der Waals surface area contributed by atoms with Crippen molar-refractivity contribution >= 4 is 23.4 Å². The summed E-state index contributed by atoms with van der Waals surface area (Å²) in [6.07, 6.45) is -0.268. The molecule has 1 aromatic heterocycles. The number of aryl methyl sites for hydroxylation is 1. The number of piperazine rings is 1. The minimum atomic E-state index is -0.473. The fourth-order valence-corrected chi connectivity index (χ4v) is 3.30. The molecule has 1 aliphatic rings. The van der Waals surface area contributed by atoms with Crippen LogP contribution >= 0.6 is 11.3 Å². The molecule has 0 saturated carbocycles. The number of aliphatic imine (C=N–C) groups is 1. The smallest absolute Gasteiger partial charge is 0.410 e. The normalized spacial score (nSPS) is 17.6. The number of rotatable bonds is 3. The summed E-state index contributed by atoms with van der Waals surface area (Å²) in [6, 6.07) is 0. The summed E-state index contributed by atoms with van der Waals surface area (Å²) in [5.74, 6) is 0.782. The number of carbonyl (C=O) groups is 1. The second-order valence-corrected chi connectivity index (χ2v) is 8.27. The monoisotopic (exact) mass is 367 g/mol. The van der Waals surface area contributed by atoms with E-state index in [9.17, 15) is 4.79 Å². The fourth-order valence-electron chi connectivity index (χ4n) is 2.45. The minimum absolute atomic E-state index is 0.250. The molecule has 140 valence electrons. The molecule has 0 aliphatic carbocycles. The summed E-state index contributed by atoms with van der Waals surface area (Å²) in [5, 5.41) is 3.14. The number of carbonyl (C=O) groups excluding carboxylic acids is 1. The highest BCUT2D eigenvalue weighted by atomic mass is 32.1. The van der Waals surface area contributed by atoms with Crippen molar-refractivity contribution in [2.45, 2.75) is 46.1 Å². The first-order valence-electron chi connectivity index (χ1n) is 8.60. The van der Waals surface area contributed by atoms with Gasteiger partial charge >= 0.3 is 6.09 Å². The van der Waals surface area contributed by atoms with Crippen molar-refractivity contribution in [3.63, 3.8) is 0 Å². The van der Waals surface area contributed by atoms with Crippen LogP contribution in [0.4, 0.5) is 4.79 Å². The van der Waals surface area contributed by atoms with Crippen molar-refractivity contribution in [1.82, 2.24) is 14.8 Å². The second kappa shape index (κ2) is 8.03. The van der Waals surface area contributed by atoms with Crippen LogP contribution in [0.25, 0.3) is 0 Å². The third-order valence-corrected chi connectivity index (χ3v) is 5.03. The van der Waals surface area contributed by atoms with Gasteiger partial charge in [-0.2, -0.15) is 0 Å². The number of hydrogen-bond donors (Lipinski definition) is 1. The van der Waals surface area contributed by atoms with E-state index in [1.807, 2.05) is 32.6 Å². The van der Waals surface area contributed by atoms with Gasteiger partial charge in [0.25, 0.3) is 0 Å². The van der Waals surface area contributed by atoms with Gasteiger partial charge in [0.05, 0.1) is 11.6 Å². The molecule has 0 spiro atoms. The molecule has 1 fully saturated rings. The van der Waals surface area contributed by atoms with Crippen molar-refractivity contribution in [2.75, 3.05) is 32.7 Å². The van der Waals surface area contributed by atoms with Gasteiger partial charge in [-0.25, -0.2) is 9.78 Å². The van der Waals surface area contributed by atoms with Crippen LogP contribution in [-0.2, 0) is 4.74 Å². The first kappa shape index (κ1) is 19.5. The second-order valence-electron chi connectivity index (χ2n) is 7.38. The highest BCUT2D eigenvalue weighted by molar-refractivity contribution is 7.09. The van der Waals surface area contributed by atoms with Gasteiger partial charge in [0.2, 0.25) is 0 Å². The third kappa shape index (κ3) is 5.88. The Balaban J connectivity index is 1.82. The van der Waals surface area contributed by atoms with Gasteiger partial charge in [-0.15, -0.1) is 11.3 Å². The Morgan fingerprint density at radius 1 is 1.36 bits per heavy atom. The highest BCUT2D eigenvalue weighted by Crippen LogP contribution is 2.20. The Bertz CT molecular complexity index is 615. The van der Waals surface area contributed by atoms with Crippen molar-refractivity contribution in [1.29, 1.82) is 0 Å². The Morgan fingerprint density at radius 3 is 2.48 bits per heavy atom. The van der Waals surface area contributed by atoms with E-state index in [0.717, 1.165) is 10.7 Å². The molecule has 2 rings (SSSR count). The molecule has 0 aromatic carbocycles. The van der Waals surface area contributed by atoms with E-state index in [2.05, 4.69) is 22.3 Å². The number of aromatic nitrogens is 1. The molecule has 1 atom stereocenters. The van der Waals surface area contributed by atoms with Crippen molar-refractivity contribution in [3.05, 3.63) is 16.1 Å². The van der Waals surface area contributed by atoms with E-state index >= 15 is 0 Å². The van der Waals surface area contributed by atoms with Gasteiger partial charge in [0.1, 0.15) is 5.60 Å². The first-order valence-corrected chi connectivity index (χ1v) is 9.48. The highest BCUT2D eigenvalue weighted by Gasteiger charge is 2.26. The molecule has 25 heavy (non-hydrogen) atoms. The average molecular weight is 368 g/mol. The lowest BCUT2D eigenvalue weighted by atomic mass is 10.2. The zero-order valence-electron chi connectivity index (χ0n) is 15.8. The summed E-state index contributed by atoms with van der Waals surface area (Å²) in [7, 11) is 0. The van der Waals surface area contributed by atoms with E-state index in [-0.39, 0.29) is 12.0 Å². The van der Waals surface area contributed by atoms with Crippen LogP contribution in [0.1, 0.15) is 44.3 Å². The molecular formula is C17H29N5O2S. The molecule has 8 heteroatoms. The summed E-state index contributed by atoms with van der Waals surface area (Å²) in [5.41, 5.74) is 6.70. The van der Waals surface area contributed by atoms with E-state index in [0.29, 0.717) is 38.7 Å². The average Bonchev–Trinajstić information content (AvgIpc) is 2.97. The summed E-state index contributed by atoms with van der Waals surface area (Å²) in [6.45, 7) is 12.8. The SMILES string of the molecule is Cc1csc(C(C)CN=C(N)N2CCN(C(=O)OC(C)(C)C)CC2)n1. The minimum Gasteiger partial charge on any atom is -0.444 e. The summed E-state index contributed by atoms with van der Waals surface area (Å²) < 4.78 is 5.40. The van der Waals surface area contributed by atoms with E-state index < -0.39 is 5.60 Å². The fraction of sp³-hybridized carbons (Fsp3) is 0.706. The van der Waals surface area contributed by atoms with Crippen LogP contribution < -0.4 is 5.73 Å². The predicted molar refractivity (Wildman–Crippen MR) is 101 cm³/mol. The van der Waals surface area contributed by atoms with Gasteiger partial charge in [-0.1, -0.05) is 6.92 Å². The topological polar surface area (TPSA) is 84.0 Å². The van der Waals surface area contributed by atoms with Crippen molar-refractivity contribution in [3.8, 4) is 0 Å². The molecular weight excluding hydrogens is 338 g/mol. The Morgan fingerprint density at radius 2 is 1.96 bits per heavy atom. The molecule has 1 aliphatic heterocycles. The van der Waals surface area contributed by atoms with Crippen molar-refractivity contribution < 1.29 is 9.53 Å². The van der Waals surface area contributed by atoms with Crippen LogP contribution in [0.5, 0.6) is 0 Å². The number of nitrogens with zero attached hydrogens (tertiary/aromatic N) is 4. The molecule has 2 N–H and O–H groups in total. The number of thiazole rings is 1. The maximum Gasteiger partial charge on any atom is 0.410 e. The molecule has 1 unspecified atom stereocenters. The molecule has 1 amide bonds. The number of nitrogens with two attached hydrogens (primary N) is 1. The van der Waals surface area contributed by atoms with Crippen LogP contribution in [0.3, 0.4) is 0 Å². The van der Waals surface area contributed by atoms with E-state index in [1.54, 1.807) is 16.2 Å². The van der Waals surface area contributed by atoms with Crippen LogP contribution in [0, 0.1) is 6.92 Å². The predicted octanol–water partition coefficient (Wildman–Crippen LogP) is 2.42. The van der Waals surface area contributed by atoms with Gasteiger partial charge < -0.3 is 20.3 Å². The lowest BCUT2D eigenvalue weighted by Crippen LogP contribution is -2.53. The zero-order valence-corrected chi connectivity index (χ0v) is 16.6. The largest absolute Gasteiger partial charge is 0.444 e. The molecule has 2 heterocycles.